The minimum absolute atomic E-state index is 1.21. The summed E-state index contributed by atoms with van der Waals surface area (Å²) in [7, 11) is 0. The van der Waals surface area contributed by atoms with E-state index in [0.717, 1.165) is 0 Å². The molecule has 52 heavy (non-hydrogen) atoms. The summed E-state index contributed by atoms with van der Waals surface area (Å²) in [6.07, 6.45) is 4.73. The van der Waals surface area contributed by atoms with Crippen molar-refractivity contribution in [3.8, 4) is 11.1 Å². The molecule has 0 radical (unpaired) electrons. The molecule has 0 spiro atoms. The van der Waals surface area contributed by atoms with Gasteiger partial charge >= 0.3 is 0 Å². The second-order valence-electron chi connectivity index (χ2n) is 14.1. The van der Waals surface area contributed by atoms with E-state index in [1.54, 1.807) is 0 Å². The number of hydrogen-bond acceptors (Lipinski definition) is 0. The SMILES string of the molecule is Cc1ccc(C(=Cc2ccc(-c3ccc(C=C(c4ccc(C)cc4)c4ccc(C)cc4)c4ccccc34)c3ccccc23)c2ccc(C)cc2)cc1. The molecule has 0 atom stereocenters. The van der Waals surface area contributed by atoms with Gasteiger partial charge in [-0.05, 0) is 117 Å². The summed E-state index contributed by atoms with van der Waals surface area (Å²) in [6.45, 7) is 8.57. The minimum atomic E-state index is 1.21. The zero-order valence-electron chi connectivity index (χ0n) is 30.3. The van der Waals surface area contributed by atoms with Gasteiger partial charge in [-0.25, -0.2) is 0 Å². The number of hydrogen-bond donors (Lipinski definition) is 0. The Morgan fingerprint density at radius 1 is 0.288 bits per heavy atom. The Morgan fingerprint density at radius 3 is 0.846 bits per heavy atom. The van der Waals surface area contributed by atoms with Crippen molar-refractivity contribution in [2.45, 2.75) is 27.7 Å². The van der Waals surface area contributed by atoms with Crippen LogP contribution in [-0.2, 0) is 0 Å². The Bertz CT molecular complexity index is 2310. The van der Waals surface area contributed by atoms with Crippen LogP contribution in [0.5, 0.6) is 0 Å². The smallest absolute Gasteiger partial charge is 0.00987 e. The summed E-state index contributed by atoms with van der Waals surface area (Å²) in [6, 6.07) is 62.5. The molecular formula is C52H42. The highest BCUT2D eigenvalue weighted by molar-refractivity contribution is 6.11. The zero-order chi connectivity index (χ0) is 35.6. The van der Waals surface area contributed by atoms with Gasteiger partial charge in [-0.15, -0.1) is 0 Å². The van der Waals surface area contributed by atoms with Crippen LogP contribution in [0.2, 0.25) is 0 Å². The quantitative estimate of drug-likeness (QED) is 0.149. The van der Waals surface area contributed by atoms with Crippen LogP contribution in [0.4, 0.5) is 0 Å². The number of aryl methyl sites for hydroxylation is 4. The second kappa shape index (κ2) is 14.2. The van der Waals surface area contributed by atoms with E-state index in [0.29, 0.717) is 0 Å². The predicted octanol–water partition coefficient (Wildman–Crippen LogP) is 14.1. The average Bonchev–Trinajstić information content (AvgIpc) is 3.18. The van der Waals surface area contributed by atoms with Crippen molar-refractivity contribution in [3.63, 3.8) is 0 Å². The third kappa shape index (κ3) is 6.64. The third-order valence-electron chi connectivity index (χ3n) is 10.3. The standard InChI is InChI=1S/C52H42/c1-35-13-21-39(22-14-35)51(40-23-15-36(2)16-24-40)33-43-29-31-49(47-11-7-5-9-45(43)47)50-32-30-44(46-10-6-8-12-48(46)50)34-52(41-25-17-37(3)18-26-41)42-27-19-38(4)20-28-42/h5-34H,1-4H3. The Morgan fingerprint density at radius 2 is 0.558 bits per heavy atom. The van der Waals surface area contributed by atoms with Crippen LogP contribution in [0.1, 0.15) is 55.6 Å². The van der Waals surface area contributed by atoms with Gasteiger partial charge in [-0.2, -0.15) is 0 Å². The topological polar surface area (TPSA) is 0 Å². The first kappa shape index (κ1) is 32.9. The molecule has 8 aromatic carbocycles. The molecule has 0 saturated heterocycles. The predicted molar refractivity (Wildman–Crippen MR) is 226 cm³/mol. The number of rotatable bonds is 7. The van der Waals surface area contributed by atoms with Gasteiger partial charge in [0.05, 0.1) is 0 Å². The molecule has 0 amide bonds. The molecule has 0 aromatic heterocycles. The highest BCUT2D eigenvalue weighted by Crippen LogP contribution is 2.39. The minimum Gasteiger partial charge on any atom is -0.0616 e. The van der Waals surface area contributed by atoms with Crippen molar-refractivity contribution in [1.29, 1.82) is 0 Å². The lowest BCUT2D eigenvalue weighted by atomic mass is 9.88. The van der Waals surface area contributed by atoms with E-state index in [4.69, 9.17) is 0 Å². The van der Waals surface area contributed by atoms with E-state index in [1.807, 2.05) is 0 Å². The maximum absolute atomic E-state index is 2.37. The lowest BCUT2D eigenvalue weighted by Crippen LogP contribution is -1.92. The van der Waals surface area contributed by atoms with Crippen molar-refractivity contribution >= 4 is 44.8 Å². The van der Waals surface area contributed by atoms with Gasteiger partial charge in [0, 0.05) is 0 Å². The van der Waals surface area contributed by atoms with Crippen LogP contribution in [0.15, 0.2) is 170 Å². The first-order chi connectivity index (χ1) is 25.4. The number of benzene rings is 8. The molecule has 0 bridgehead atoms. The first-order valence-corrected chi connectivity index (χ1v) is 18.2. The van der Waals surface area contributed by atoms with E-state index in [-0.39, 0.29) is 0 Å². The largest absolute Gasteiger partial charge is 0.0616 e. The van der Waals surface area contributed by atoms with Crippen LogP contribution in [-0.4, -0.2) is 0 Å². The normalized spacial score (nSPS) is 11.1. The Labute approximate surface area is 308 Å². The fraction of sp³-hybridized carbons (Fsp3) is 0.0769. The lowest BCUT2D eigenvalue weighted by Gasteiger charge is -2.16. The van der Waals surface area contributed by atoms with Crippen molar-refractivity contribution < 1.29 is 0 Å². The Kier molecular flexibility index (Phi) is 8.98. The highest BCUT2D eigenvalue weighted by Gasteiger charge is 2.14. The van der Waals surface area contributed by atoms with Crippen LogP contribution < -0.4 is 0 Å². The molecule has 0 saturated carbocycles. The molecule has 0 N–H and O–H groups in total. The van der Waals surface area contributed by atoms with Gasteiger partial charge in [0.25, 0.3) is 0 Å². The van der Waals surface area contributed by atoms with E-state index < -0.39 is 0 Å². The summed E-state index contributed by atoms with van der Waals surface area (Å²) in [5, 5.41) is 4.98. The van der Waals surface area contributed by atoms with Crippen molar-refractivity contribution in [2.75, 3.05) is 0 Å². The molecular weight excluding hydrogens is 625 g/mol. The van der Waals surface area contributed by atoms with E-state index >= 15 is 0 Å². The van der Waals surface area contributed by atoms with E-state index in [1.165, 1.54) is 99.5 Å². The summed E-state index contributed by atoms with van der Waals surface area (Å²) in [5.74, 6) is 0. The number of fused-ring (bicyclic) bond motifs is 2. The summed E-state index contributed by atoms with van der Waals surface area (Å²) in [5.41, 5.74) is 17.2. The van der Waals surface area contributed by atoms with Gasteiger partial charge in [0.15, 0.2) is 0 Å². The zero-order valence-corrected chi connectivity index (χ0v) is 30.3. The van der Waals surface area contributed by atoms with Crippen LogP contribution in [0, 0.1) is 27.7 Å². The van der Waals surface area contributed by atoms with Gasteiger partial charge in [-0.1, -0.05) is 192 Å². The van der Waals surface area contributed by atoms with Crippen molar-refractivity contribution in [3.05, 3.63) is 225 Å². The molecule has 0 heterocycles. The highest BCUT2D eigenvalue weighted by atomic mass is 14.2. The molecule has 0 aliphatic carbocycles. The van der Waals surface area contributed by atoms with Crippen LogP contribution in [0.3, 0.4) is 0 Å². The van der Waals surface area contributed by atoms with Crippen molar-refractivity contribution in [1.82, 2.24) is 0 Å². The molecule has 8 rings (SSSR count). The summed E-state index contributed by atoms with van der Waals surface area (Å²) < 4.78 is 0. The Hall–Kier alpha value is -6.24. The maximum Gasteiger partial charge on any atom is -0.00987 e. The van der Waals surface area contributed by atoms with Gasteiger partial charge in [0.1, 0.15) is 0 Å². The molecule has 0 heteroatoms. The van der Waals surface area contributed by atoms with Gasteiger partial charge in [0.2, 0.25) is 0 Å². The Balaban J connectivity index is 1.28. The van der Waals surface area contributed by atoms with Gasteiger partial charge in [-0.3, -0.25) is 0 Å². The summed E-state index contributed by atoms with van der Waals surface area (Å²) in [4.78, 5) is 0. The average molecular weight is 667 g/mol. The molecule has 0 aliphatic heterocycles. The monoisotopic (exact) mass is 666 g/mol. The molecule has 0 fully saturated rings. The molecule has 0 aliphatic rings. The van der Waals surface area contributed by atoms with E-state index in [9.17, 15) is 0 Å². The second-order valence-corrected chi connectivity index (χ2v) is 14.1. The van der Waals surface area contributed by atoms with E-state index in [2.05, 4.69) is 210 Å². The lowest BCUT2D eigenvalue weighted by molar-refractivity contribution is 1.43. The fourth-order valence-electron chi connectivity index (χ4n) is 7.28. The fourth-order valence-corrected chi connectivity index (χ4v) is 7.28. The van der Waals surface area contributed by atoms with Gasteiger partial charge < -0.3 is 0 Å². The molecule has 0 unspecified atom stereocenters. The maximum atomic E-state index is 2.37. The summed E-state index contributed by atoms with van der Waals surface area (Å²) >= 11 is 0. The molecule has 250 valence electrons. The third-order valence-corrected chi connectivity index (χ3v) is 10.3. The molecule has 8 aromatic rings. The van der Waals surface area contributed by atoms with Crippen LogP contribution >= 0.6 is 0 Å². The molecule has 0 nitrogen and oxygen atoms in total. The van der Waals surface area contributed by atoms with Crippen molar-refractivity contribution in [2.24, 2.45) is 0 Å². The van der Waals surface area contributed by atoms with Crippen LogP contribution in [0.25, 0.3) is 56.0 Å². The first-order valence-electron chi connectivity index (χ1n) is 18.2.